The molecule has 1 aromatic rings. The van der Waals surface area contributed by atoms with E-state index in [9.17, 15) is 9.59 Å². The largest absolute Gasteiger partial charge is 0.356 e. The molecule has 1 aliphatic heterocycles. The average molecular weight is 364 g/mol. The van der Waals surface area contributed by atoms with Crippen LogP contribution < -0.4 is 10.6 Å². The van der Waals surface area contributed by atoms with E-state index in [1.807, 2.05) is 18.2 Å². The van der Waals surface area contributed by atoms with E-state index in [2.05, 4.69) is 33.9 Å². The molecule has 1 heterocycles. The highest BCUT2D eigenvalue weighted by molar-refractivity contribution is 7.98. The second-order valence-electron chi connectivity index (χ2n) is 6.33. The first-order chi connectivity index (χ1) is 12.2. The number of nitrogens with one attached hydrogen (secondary N) is 2. The number of hydrogen-bond acceptors (Lipinski definition) is 4. The summed E-state index contributed by atoms with van der Waals surface area (Å²) in [5.41, 5.74) is 1.31. The zero-order valence-corrected chi connectivity index (χ0v) is 15.8. The molecule has 0 saturated carbocycles. The van der Waals surface area contributed by atoms with Gasteiger partial charge in [0.2, 0.25) is 11.8 Å². The van der Waals surface area contributed by atoms with Crippen LogP contribution in [0.4, 0.5) is 0 Å². The monoisotopic (exact) mass is 363 g/mol. The van der Waals surface area contributed by atoms with Crippen LogP contribution in [0.15, 0.2) is 30.3 Å². The van der Waals surface area contributed by atoms with Crippen LogP contribution in [0.1, 0.15) is 24.8 Å². The SMILES string of the molecule is CSCCCNC(=O)CC1C(=O)NCCN1CCCc1ccccc1. The number of thioether (sulfide) groups is 1. The maximum absolute atomic E-state index is 12.2. The summed E-state index contributed by atoms with van der Waals surface area (Å²) < 4.78 is 0. The Balaban J connectivity index is 1.78. The number of carbonyl (C=O) groups is 2. The maximum atomic E-state index is 12.2. The molecule has 1 atom stereocenters. The fraction of sp³-hybridized carbons (Fsp3) is 0.579. The molecule has 1 fully saturated rings. The van der Waals surface area contributed by atoms with Crippen LogP contribution in [0.2, 0.25) is 0 Å². The van der Waals surface area contributed by atoms with Gasteiger partial charge >= 0.3 is 0 Å². The Morgan fingerprint density at radius 3 is 2.88 bits per heavy atom. The van der Waals surface area contributed by atoms with E-state index in [0.717, 1.165) is 38.1 Å². The Labute approximate surface area is 154 Å². The van der Waals surface area contributed by atoms with Gasteiger partial charge in [0.25, 0.3) is 0 Å². The minimum Gasteiger partial charge on any atom is -0.356 e. The lowest BCUT2D eigenvalue weighted by Crippen LogP contribution is -2.56. The van der Waals surface area contributed by atoms with Gasteiger partial charge in [-0.3, -0.25) is 14.5 Å². The predicted octanol–water partition coefficient (Wildman–Crippen LogP) is 1.68. The highest BCUT2D eigenvalue weighted by Crippen LogP contribution is 2.11. The molecule has 2 amide bonds. The minimum atomic E-state index is -0.343. The van der Waals surface area contributed by atoms with Gasteiger partial charge in [0.1, 0.15) is 0 Å². The standard InChI is InChI=1S/C19H29N3O2S/c1-25-14-6-10-20-18(23)15-17-19(24)21-11-13-22(17)12-5-9-16-7-3-2-4-8-16/h2-4,7-8,17H,5-6,9-15H2,1H3,(H,20,23)(H,21,24). The Hall–Kier alpha value is -1.53. The Bertz CT molecular complexity index is 539. The zero-order chi connectivity index (χ0) is 17.9. The maximum Gasteiger partial charge on any atom is 0.237 e. The van der Waals surface area contributed by atoms with Crippen molar-refractivity contribution in [3.05, 3.63) is 35.9 Å². The molecule has 6 heteroatoms. The lowest BCUT2D eigenvalue weighted by Gasteiger charge is -2.34. The normalized spacial score (nSPS) is 18.0. The van der Waals surface area contributed by atoms with Crippen LogP contribution in [-0.4, -0.2) is 60.9 Å². The van der Waals surface area contributed by atoms with E-state index < -0.39 is 0 Å². The summed E-state index contributed by atoms with van der Waals surface area (Å²) in [5, 5.41) is 5.82. The summed E-state index contributed by atoms with van der Waals surface area (Å²) in [5.74, 6) is 0.983. The van der Waals surface area contributed by atoms with Gasteiger partial charge in [-0.2, -0.15) is 11.8 Å². The molecule has 25 heavy (non-hydrogen) atoms. The van der Waals surface area contributed by atoms with Crippen LogP contribution in [0.25, 0.3) is 0 Å². The van der Waals surface area contributed by atoms with Gasteiger partial charge in [-0.05, 0) is 43.4 Å². The summed E-state index contributed by atoms with van der Waals surface area (Å²) >= 11 is 1.77. The highest BCUT2D eigenvalue weighted by atomic mass is 32.2. The summed E-state index contributed by atoms with van der Waals surface area (Å²) in [6.45, 7) is 3.00. The minimum absolute atomic E-state index is 0.0229. The van der Waals surface area contributed by atoms with Gasteiger partial charge in [0.05, 0.1) is 12.5 Å². The van der Waals surface area contributed by atoms with Crippen molar-refractivity contribution in [3.8, 4) is 0 Å². The zero-order valence-electron chi connectivity index (χ0n) is 15.0. The van der Waals surface area contributed by atoms with Gasteiger partial charge in [-0.15, -0.1) is 0 Å². The van der Waals surface area contributed by atoms with Crippen molar-refractivity contribution in [1.82, 2.24) is 15.5 Å². The number of amides is 2. The molecule has 1 aromatic carbocycles. The number of aryl methyl sites for hydroxylation is 1. The summed E-state index contributed by atoms with van der Waals surface area (Å²) in [7, 11) is 0. The second-order valence-corrected chi connectivity index (χ2v) is 7.32. The van der Waals surface area contributed by atoms with Crippen molar-refractivity contribution in [2.24, 2.45) is 0 Å². The lowest BCUT2D eigenvalue weighted by molar-refractivity contribution is -0.133. The van der Waals surface area contributed by atoms with Crippen LogP contribution >= 0.6 is 11.8 Å². The van der Waals surface area contributed by atoms with Gasteiger partial charge in [-0.1, -0.05) is 30.3 Å². The number of carbonyl (C=O) groups excluding carboxylic acids is 2. The third-order valence-corrected chi connectivity index (χ3v) is 5.12. The smallest absolute Gasteiger partial charge is 0.237 e. The third-order valence-electron chi connectivity index (χ3n) is 4.42. The molecule has 138 valence electrons. The molecule has 0 aromatic heterocycles. The molecule has 1 saturated heterocycles. The van der Waals surface area contributed by atoms with E-state index in [4.69, 9.17) is 0 Å². The van der Waals surface area contributed by atoms with Crippen molar-refractivity contribution in [2.75, 3.05) is 38.2 Å². The molecule has 0 spiro atoms. The van der Waals surface area contributed by atoms with Gasteiger partial charge in [0, 0.05) is 19.6 Å². The van der Waals surface area contributed by atoms with Crippen LogP contribution in [0.5, 0.6) is 0 Å². The van der Waals surface area contributed by atoms with Crippen molar-refractivity contribution >= 4 is 23.6 Å². The molecule has 0 radical (unpaired) electrons. The summed E-state index contributed by atoms with van der Waals surface area (Å²) in [4.78, 5) is 26.5. The fourth-order valence-electron chi connectivity index (χ4n) is 3.07. The van der Waals surface area contributed by atoms with Crippen molar-refractivity contribution < 1.29 is 9.59 Å². The first-order valence-electron chi connectivity index (χ1n) is 9.02. The second kappa shape index (κ2) is 11.2. The number of nitrogens with zero attached hydrogens (tertiary/aromatic N) is 1. The molecule has 1 unspecified atom stereocenters. The third kappa shape index (κ3) is 7.08. The number of hydrogen-bond donors (Lipinski definition) is 2. The van der Waals surface area contributed by atoms with Crippen molar-refractivity contribution in [2.45, 2.75) is 31.7 Å². The molecular formula is C19H29N3O2S. The molecule has 0 aliphatic carbocycles. The molecule has 2 N–H and O–H groups in total. The highest BCUT2D eigenvalue weighted by Gasteiger charge is 2.30. The topological polar surface area (TPSA) is 61.4 Å². The van der Waals surface area contributed by atoms with Crippen LogP contribution in [0, 0.1) is 0 Å². The van der Waals surface area contributed by atoms with Crippen molar-refractivity contribution in [3.63, 3.8) is 0 Å². The molecule has 1 aliphatic rings. The molecule has 5 nitrogen and oxygen atoms in total. The van der Waals surface area contributed by atoms with Crippen LogP contribution in [-0.2, 0) is 16.0 Å². The fourth-order valence-corrected chi connectivity index (χ4v) is 3.51. The molecular weight excluding hydrogens is 334 g/mol. The average Bonchev–Trinajstić information content (AvgIpc) is 2.62. The lowest BCUT2D eigenvalue weighted by atomic mass is 10.1. The van der Waals surface area contributed by atoms with E-state index in [-0.39, 0.29) is 24.3 Å². The Kier molecular flexibility index (Phi) is 8.83. The van der Waals surface area contributed by atoms with E-state index in [0.29, 0.717) is 13.1 Å². The van der Waals surface area contributed by atoms with E-state index >= 15 is 0 Å². The first-order valence-corrected chi connectivity index (χ1v) is 10.4. The van der Waals surface area contributed by atoms with Crippen LogP contribution in [0.3, 0.4) is 0 Å². The first kappa shape index (κ1) is 19.8. The number of benzene rings is 1. The van der Waals surface area contributed by atoms with Gasteiger partial charge in [-0.25, -0.2) is 0 Å². The van der Waals surface area contributed by atoms with Crippen molar-refractivity contribution in [1.29, 1.82) is 0 Å². The summed E-state index contributed by atoms with van der Waals surface area (Å²) in [6.07, 6.45) is 5.25. The van der Waals surface area contributed by atoms with E-state index in [1.165, 1.54) is 5.56 Å². The number of rotatable bonds is 10. The predicted molar refractivity (Wildman–Crippen MR) is 104 cm³/mol. The molecule has 0 bridgehead atoms. The molecule has 2 rings (SSSR count). The van der Waals surface area contributed by atoms with Gasteiger partial charge in [0.15, 0.2) is 0 Å². The van der Waals surface area contributed by atoms with Gasteiger partial charge < -0.3 is 10.6 Å². The Morgan fingerprint density at radius 2 is 2.12 bits per heavy atom. The quantitative estimate of drug-likeness (QED) is 0.621. The Morgan fingerprint density at radius 1 is 1.32 bits per heavy atom. The number of piperazine rings is 1. The summed E-state index contributed by atoms with van der Waals surface area (Å²) in [6, 6.07) is 10.0. The van der Waals surface area contributed by atoms with E-state index in [1.54, 1.807) is 11.8 Å².